The van der Waals surface area contributed by atoms with Crippen LogP contribution in [0.4, 0.5) is 8.78 Å². The van der Waals surface area contributed by atoms with E-state index < -0.39 is 24.0 Å². The van der Waals surface area contributed by atoms with Gasteiger partial charge in [-0.2, -0.15) is 8.78 Å². The first-order valence-corrected chi connectivity index (χ1v) is 10.0. The zero-order valence-corrected chi connectivity index (χ0v) is 19.0. The number of esters is 1. The standard InChI is InChI=1S/C16H9F2I3O5/c17-16(18,15(24)25)13(7-1-3-9(22)4-2-7)26-14(23)10-5-8(19)6-11(20)12(10)21/h1-6,13,22H,(H,24,25)/p-1. The summed E-state index contributed by atoms with van der Waals surface area (Å²) in [6, 6.07) is 7.51. The highest BCUT2D eigenvalue weighted by molar-refractivity contribution is 14.1. The minimum absolute atomic E-state index is 0.0415. The van der Waals surface area contributed by atoms with Crippen molar-refractivity contribution in [3.05, 3.63) is 58.2 Å². The molecule has 10 heteroatoms. The molecule has 2 rings (SSSR count). The molecule has 0 radical (unpaired) electrons. The number of hydrogen-bond acceptors (Lipinski definition) is 5. The lowest BCUT2D eigenvalue weighted by molar-refractivity contribution is -0.336. The molecule has 0 bridgehead atoms. The monoisotopic (exact) mass is 699 g/mol. The number of benzene rings is 2. The lowest BCUT2D eigenvalue weighted by Gasteiger charge is -2.28. The molecule has 0 aromatic heterocycles. The lowest BCUT2D eigenvalue weighted by atomic mass is 10.0. The lowest BCUT2D eigenvalue weighted by Crippen LogP contribution is -2.47. The second-order valence-electron chi connectivity index (χ2n) is 5.04. The number of phenols is 1. The van der Waals surface area contributed by atoms with Crippen LogP contribution in [0.1, 0.15) is 22.0 Å². The van der Waals surface area contributed by atoms with E-state index in [0.29, 0.717) is 7.14 Å². The molecule has 1 unspecified atom stereocenters. The summed E-state index contributed by atoms with van der Waals surface area (Å²) in [6.45, 7) is 0. The fourth-order valence-corrected chi connectivity index (χ4v) is 4.36. The molecule has 26 heavy (non-hydrogen) atoms. The summed E-state index contributed by atoms with van der Waals surface area (Å²) in [6.07, 6.45) is -2.41. The first-order valence-electron chi connectivity index (χ1n) is 6.77. The summed E-state index contributed by atoms with van der Waals surface area (Å²) in [4.78, 5) is 23.4. The van der Waals surface area contributed by atoms with E-state index in [1.54, 1.807) is 6.07 Å². The number of aliphatic carboxylic acids is 1. The number of rotatable bonds is 5. The Labute approximate surface area is 187 Å². The first kappa shape index (κ1) is 21.5. The number of alkyl halides is 2. The number of carbonyl (C=O) groups is 2. The van der Waals surface area contributed by atoms with Crippen molar-refractivity contribution in [1.29, 1.82) is 0 Å². The van der Waals surface area contributed by atoms with Crippen molar-refractivity contribution in [3.63, 3.8) is 0 Å². The van der Waals surface area contributed by atoms with Crippen LogP contribution in [0.25, 0.3) is 0 Å². The normalized spacial score (nSPS) is 12.5. The molecule has 0 fully saturated rings. The number of carboxylic acid groups (broad SMARTS) is 1. The quantitative estimate of drug-likeness (QED) is 0.294. The number of carboxylic acids is 1. The molecule has 0 aliphatic rings. The molecule has 2 aromatic carbocycles. The third-order valence-electron chi connectivity index (χ3n) is 3.24. The van der Waals surface area contributed by atoms with Gasteiger partial charge in [-0.1, -0.05) is 12.1 Å². The third-order valence-corrected chi connectivity index (χ3v) is 6.90. The Morgan fingerprint density at radius 3 is 2.23 bits per heavy atom. The highest BCUT2D eigenvalue weighted by Crippen LogP contribution is 2.36. The zero-order valence-electron chi connectivity index (χ0n) is 12.5. The molecule has 0 saturated heterocycles. The molecular formula is C16H8F2I3O5-. The van der Waals surface area contributed by atoms with Crippen LogP contribution in [-0.2, 0) is 9.53 Å². The Hall–Kier alpha value is -0.770. The van der Waals surface area contributed by atoms with Gasteiger partial charge >= 0.3 is 11.9 Å². The molecule has 0 heterocycles. The smallest absolute Gasteiger partial charge is 0.340 e. The van der Waals surface area contributed by atoms with Crippen LogP contribution in [0.15, 0.2) is 36.4 Å². The van der Waals surface area contributed by atoms with Crippen LogP contribution in [0, 0.1) is 10.7 Å². The van der Waals surface area contributed by atoms with Crippen molar-refractivity contribution in [2.75, 3.05) is 0 Å². The van der Waals surface area contributed by atoms with Crippen LogP contribution >= 0.6 is 67.8 Å². The summed E-state index contributed by atoms with van der Waals surface area (Å²) in [7, 11) is 0. The highest BCUT2D eigenvalue weighted by atomic mass is 127. The van der Waals surface area contributed by atoms with Gasteiger partial charge < -0.3 is 19.7 Å². The summed E-state index contributed by atoms with van der Waals surface area (Å²) in [5.41, 5.74) is -0.250. The number of phenolic OH excluding ortho intramolecular Hbond substituents is 1. The minimum atomic E-state index is -4.47. The predicted molar refractivity (Wildman–Crippen MR) is 111 cm³/mol. The van der Waals surface area contributed by atoms with Crippen molar-refractivity contribution in [2.45, 2.75) is 12.0 Å². The molecule has 1 atom stereocenters. The Bertz CT molecular complexity index is 856. The molecule has 0 aliphatic heterocycles. The van der Waals surface area contributed by atoms with Gasteiger partial charge in [-0.25, -0.2) is 4.79 Å². The van der Waals surface area contributed by atoms with Crippen LogP contribution in [0.5, 0.6) is 5.75 Å². The van der Waals surface area contributed by atoms with Crippen molar-refractivity contribution in [3.8, 4) is 5.75 Å². The van der Waals surface area contributed by atoms with Crippen molar-refractivity contribution < 1.29 is 33.3 Å². The highest BCUT2D eigenvalue weighted by Gasteiger charge is 2.45. The maximum Gasteiger partial charge on any atom is 0.340 e. The van der Waals surface area contributed by atoms with Crippen LogP contribution < -0.4 is 5.11 Å². The third kappa shape index (κ3) is 4.74. The summed E-state index contributed by atoms with van der Waals surface area (Å²) in [5, 5.41) is 20.2. The largest absolute Gasteiger partial charge is 0.544 e. The van der Waals surface area contributed by atoms with E-state index in [9.17, 15) is 28.6 Å². The van der Waals surface area contributed by atoms with Crippen LogP contribution in [0.3, 0.4) is 0 Å². The Morgan fingerprint density at radius 1 is 1.12 bits per heavy atom. The second kappa shape index (κ2) is 8.50. The van der Waals surface area contributed by atoms with E-state index in [-0.39, 0.29) is 16.9 Å². The van der Waals surface area contributed by atoms with Gasteiger partial charge in [0, 0.05) is 10.7 Å². The maximum absolute atomic E-state index is 14.1. The Balaban J connectivity index is 2.46. The van der Waals surface area contributed by atoms with Gasteiger partial charge in [0.25, 0.3) is 0 Å². The van der Waals surface area contributed by atoms with E-state index in [1.165, 1.54) is 6.07 Å². The van der Waals surface area contributed by atoms with Gasteiger partial charge in [-0.15, -0.1) is 0 Å². The molecule has 138 valence electrons. The minimum Gasteiger partial charge on any atom is -0.544 e. The van der Waals surface area contributed by atoms with E-state index in [1.807, 2.05) is 67.8 Å². The molecule has 0 saturated carbocycles. The molecule has 5 nitrogen and oxygen atoms in total. The van der Waals surface area contributed by atoms with Gasteiger partial charge in [0.1, 0.15) is 11.7 Å². The summed E-state index contributed by atoms with van der Waals surface area (Å²) >= 11 is 5.82. The van der Waals surface area contributed by atoms with E-state index >= 15 is 0 Å². The number of aromatic hydroxyl groups is 1. The van der Waals surface area contributed by atoms with Crippen LogP contribution in [-0.4, -0.2) is 23.0 Å². The molecule has 0 spiro atoms. The number of ether oxygens (including phenoxy) is 1. The fraction of sp³-hybridized carbons (Fsp3) is 0.125. The maximum atomic E-state index is 14.1. The average Bonchev–Trinajstić information content (AvgIpc) is 2.56. The van der Waals surface area contributed by atoms with E-state index in [0.717, 1.165) is 27.8 Å². The second-order valence-corrected chi connectivity index (χ2v) is 8.52. The van der Waals surface area contributed by atoms with Crippen molar-refractivity contribution >= 4 is 79.7 Å². The van der Waals surface area contributed by atoms with Gasteiger partial charge in [-0.05, 0) is 97.6 Å². The zero-order chi connectivity index (χ0) is 19.6. The topological polar surface area (TPSA) is 86.7 Å². The SMILES string of the molecule is O=C(OC(c1ccc(O)cc1)C(F)(F)C(=O)[O-])c1cc(I)cc(I)c1I. The first-order chi connectivity index (χ1) is 12.0. The van der Waals surface area contributed by atoms with Crippen LogP contribution in [0.2, 0.25) is 0 Å². The molecule has 0 aliphatic carbocycles. The number of hydrogen-bond donors (Lipinski definition) is 1. The van der Waals surface area contributed by atoms with Gasteiger partial charge in [-0.3, -0.25) is 0 Å². The average molecular weight is 699 g/mol. The Morgan fingerprint density at radius 2 is 1.69 bits per heavy atom. The predicted octanol–water partition coefficient (Wildman–Crippen LogP) is 3.49. The van der Waals surface area contributed by atoms with E-state index in [2.05, 4.69) is 0 Å². The molecule has 1 N–H and O–H groups in total. The molecular weight excluding hydrogens is 691 g/mol. The van der Waals surface area contributed by atoms with Gasteiger partial charge in [0.2, 0.25) is 0 Å². The summed E-state index contributed by atoms with van der Waals surface area (Å²) < 4.78 is 35.0. The fourth-order valence-electron chi connectivity index (χ4n) is 1.98. The Kier molecular flexibility index (Phi) is 7.04. The molecule has 0 amide bonds. The van der Waals surface area contributed by atoms with Crippen molar-refractivity contribution in [2.24, 2.45) is 0 Å². The van der Waals surface area contributed by atoms with E-state index in [4.69, 9.17) is 4.74 Å². The van der Waals surface area contributed by atoms with Gasteiger partial charge in [0.15, 0.2) is 6.10 Å². The molecule has 2 aromatic rings. The summed E-state index contributed by atoms with van der Waals surface area (Å²) in [5.74, 6) is -8.44. The van der Waals surface area contributed by atoms with Gasteiger partial charge in [0.05, 0.1) is 5.56 Å². The number of halogens is 5. The number of carbonyl (C=O) groups excluding carboxylic acids is 2. The van der Waals surface area contributed by atoms with Crippen molar-refractivity contribution in [1.82, 2.24) is 0 Å².